The molecule has 4 unspecified atom stereocenters. The van der Waals surface area contributed by atoms with Crippen molar-refractivity contribution in [1.29, 1.82) is 0 Å². The van der Waals surface area contributed by atoms with Gasteiger partial charge in [0.05, 0.1) is 20.8 Å². The highest BCUT2D eigenvalue weighted by molar-refractivity contribution is 6.66. The maximum absolute atomic E-state index is 7.22. The van der Waals surface area contributed by atoms with E-state index in [0.717, 1.165) is 0 Å². The quantitative estimate of drug-likeness (QED) is 0.246. The molecule has 0 spiro atoms. The van der Waals surface area contributed by atoms with Crippen molar-refractivity contribution in [3.05, 3.63) is 35.9 Å². The van der Waals surface area contributed by atoms with Crippen molar-refractivity contribution in [3.8, 4) is 0 Å². The Morgan fingerprint density at radius 1 is 0.545 bits per heavy atom. The molecule has 0 bridgehead atoms. The summed E-state index contributed by atoms with van der Waals surface area (Å²) in [5.74, 6) is 0. The van der Waals surface area contributed by atoms with Crippen LogP contribution in [0.1, 0.15) is 12.5 Å². The molecule has 0 saturated heterocycles. The summed E-state index contributed by atoms with van der Waals surface area (Å²) in [6.45, 7) is 1.61. The maximum atomic E-state index is 7.22. The molecular weight excluding hydrogens is 742 g/mol. The van der Waals surface area contributed by atoms with Crippen molar-refractivity contribution in [2.45, 2.75) is 49.7 Å². The van der Waals surface area contributed by atoms with Crippen LogP contribution in [0, 0.1) is 5.41 Å². The molecule has 1 aromatic rings. The fourth-order valence-electron chi connectivity index (χ4n) is 4.36. The van der Waals surface area contributed by atoms with Crippen molar-refractivity contribution in [2.24, 2.45) is 5.41 Å². The van der Waals surface area contributed by atoms with Crippen molar-refractivity contribution < 1.29 is 0 Å². The van der Waals surface area contributed by atoms with E-state index in [1.165, 1.54) is 0 Å². The Bertz CT molecular complexity index is 758. The number of hydrogen-bond acceptors (Lipinski definition) is 0. The number of rotatable bonds is 10. The first-order valence-corrected chi connectivity index (χ1v) is 19.1. The molecule has 0 aliphatic carbocycles. The average Bonchev–Trinajstić information content (AvgIpc) is 2.67. The summed E-state index contributed by atoms with van der Waals surface area (Å²) >= 11 is 84.1. The van der Waals surface area contributed by atoms with E-state index in [4.69, 9.17) is 139 Å². The van der Waals surface area contributed by atoms with Gasteiger partial charge in [0.25, 0.3) is 0 Å². The third-order valence-electron chi connectivity index (χ3n) is 6.29. The SMILES string of the molecule is CC(C(Cl)(Cl)C([SiH3])Cl)(C(Cl)(Cl)C([SiH3])Cl)C(c1ccccc1)(C(Cl)(Cl)C([SiH3])Cl)C(Cl)(Cl)C([SiH3])Cl. The molecule has 16 heteroatoms. The normalized spacial score (nSPS) is 21.8. The van der Waals surface area contributed by atoms with Gasteiger partial charge in [0.1, 0.15) is 17.3 Å². The Labute approximate surface area is 268 Å². The zero-order chi connectivity index (χ0) is 26.4. The van der Waals surface area contributed by atoms with Crippen LogP contribution in [0.25, 0.3) is 0 Å². The molecule has 0 aliphatic heterocycles. The van der Waals surface area contributed by atoms with Gasteiger partial charge in [0.15, 0.2) is 0 Å². The van der Waals surface area contributed by atoms with Crippen LogP contribution in [-0.4, -0.2) is 78.3 Å². The van der Waals surface area contributed by atoms with E-state index in [1.807, 2.05) is 0 Å². The molecule has 4 atom stereocenters. The van der Waals surface area contributed by atoms with Crippen LogP contribution in [0.15, 0.2) is 30.3 Å². The van der Waals surface area contributed by atoms with Crippen molar-refractivity contribution in [3.63, 3.8) is 0 Å². The van der Waals surface area contributed by atoms with Gasteiger partial charge in [0, 0.05) is 51.0 Å². The highest BCUT2D eigenvalue weighted by Gasteiger charge is 2.82. The Kier molecular flexibility index (Phi) is 12.6. The highest BCUT2D eigenvalue weighted by Crippen LogP contribution is 2.75. The second kappa shape index (κ2) is 12.0. The Morgan fingerprint density at radius 3 is 1.06 bits per heavy atom. The predicted molar refractivity (Wildman–Crippen MR) is 172 cm³/mol. The first kappa shape index (κ1) is 34.6. The number of halogens is 12. The second-order valence-corrected chi connectivity index (χ2v) is 23.9. The third kappa shape index (κ3) is 5.35. The Hall–Kier alpha value is 3.57. The van der Waals surface area contributed by atoms with Gasteiger partial charge < -0.3 is 0 Å². The second-order valence-electron chi connectivity index (χ2n) is 8.20. The van der Waals surface area contributed by atoms with Crippen LogP contribution < -0.4 is 0 Å². The molecule has 1 rings (SSSR count). The lowest BCUT2D eigenvalue weighted by atomic mass is 9.53. The van der Waals surface area contributed by atoms with E-state index < -0.39 is 48.2 Å². The summed E-state index contributed by atoms with van der Waals surface area (Å²) in [4.78, 5) is 0. The molecule has 0 aliphatic rings. The van der Waals surface area contributed by atoms with Gasteiger partial charge in [-0.1, -0.05) is 130 Å². The van der Waals surface area contributed by atoms with Gasteiger partial charge in [-0.05, 0) is 5.56 Å². The largest absolute Gasteiger partial charge is 0.144 e. The topological polar surface area (TPSA) is 0 Å². The van der Waals surface area contributed by atoms with Crippen LogP contribution >= 0.6 is 139 Å². The first-order valence-electron chi connectivity index (χ1n) is 9.76. The van der Waals surface area contributed by atoms with Crippen molar-refractivity contribution >= 4 is 180 Å². The standard InChI is InChI=1S/C17H24Cl12Si4/c1-12(14(22,23)8(18)30,15(24,25)9(19)31)13(16(26,27)10(20)32,17(28,29)11(21)33)7-5-3-2-4-6-7/h2-6,8-11H,1,30-33H3. The molecule has 0 amide bonds. The summed E-state index contributed by atoms with van der Waals surface area (Å²) < 4.78 is -7.63. The molecule has 0 heterocycles. The molecule has 0 nitrogen and oxygen atoms in total. The third-order valence-corrected chi connectivity index (χ3v) is 20.1. The van der Waals surface area contributed by atoms with E-state index in [2.05, 4.69) is 0 Å². The Balaban J connectivity index is 4.69. The average molecular weight is 766 g/mol. The first-order chi connectivity index (χ1) is 14.6. The lowest BCUT2D eigenvalue weighted by Gasteiger charge is -2.67. The number of alkyl halides is 12. The van der Waals surface area contributed by atoms with E-state index in [0.29, 0.717) is 46.5 Å². The molecule has 192 valence electrons. The summed E-state index contributed by atoms with van der Waals surface area (Å²) in [7, 11) is 1.30. The lowest BCUT2D eigenvalue weighted by molar-refractivity contribution is 0.0684. The van der Waals surface area contributed by atoms with Crippen LogP contribution in [0.5, 0.6) is 0 Å². The van der Waals surface area contributed by atoms with Crippen molar-refractivity contribution in [2.75, 3.05) is 0 Å². The van der Waals surface area contributed by atoms with Gasteiger partial charge in [0.2, 0.25) is 0 Å². The van der Waals surface area contributed by atoms with Gasteiger partial charge in [-0.3, -0.25) is 0 Å². The smallest absolute Gasteiger partial charge is 0.124 e. The molecule has 0 radical (unpaired) electrons. The molecule has 1 aromatic carbocycles. The fraction of sp³-hybridized carbons (Fsp3) is 0.647. The van der Waals surface area contributed by atoms with Crippen LogP contribution in [0.2, 0.25) is 0 Å². The minimum atomic E-state index is -1.93. The summed E-state index contributed by atoms with van der Waals surface area (Å²) in [6, 6.07) is 8.79. The van der Waals surface area contributed by atoms with Crippen LogP contribution in [0.4, 0.5) is 0 Å². The van der Waals surface area contributed by atoms with Crippen LogP contribution in [0.3, 0.4) is 0 Å². The van der Waals surface area contributed by atoms with Gasteiger partial charge in [-0.2, -0.15) is 0 Å². The zero-order valence-corrected chi connectivity index (χ0v) is 35.3. The summed E-state index contributed by atoms with van der Waals surface area (Å²) in [6.07, 6.45) is 0. The van der Waals surface area contributed by atoms with E-state index in [-0.39, 0.29) is 0 Å². The minimum absolute atomic E-state index is 0.320. The number of benzene rings is 1. The van der Waals surface area contributed by atoms with E-state index in [9.17, 15) is 0 Å². The van der Waals surface area contributed by atoms with Gasteiger partial charge in [-0.25, -0.2) is 0 Å². The van der Waals surface area contributed by atoms with E-state index in [1.54, 1.807) is 37.3 Å². The predicted octanol–water partition coefficient (Wildman–Crippen LogP) is 4.35. The minimum Gasteiger partial charge on any atom is -0.124 e. The molecule has 0 fully saturated rings. The molecule has 0 saturated carbocycles. The van der Waals surface area contributed by atoms with Gasteiger partial charge in [-0.15, -0.1) is 46.4 Å². The van der Waals surface area contributed by atoms with Crippen molar-refractivity contribution in [1.82, 2.24) is 0 Å². The van der Waals surface area contributed by atoms with Gasteiger partial charge >= 0.3 is 0 Å². The lowest BCUT2D eigenvalue weighted by Crippen LogP contribution is -2.78. The number of hydrogen-bond donors (Lipinski definition) is 0. The Morgan fingerprint density at radius 2 is 0.818 bits per heavy atom. The summed E-state index contributed by atoms with van der Waals surface area (Å²) in [5.41, 5.74) is -3.23. The molecular formula is C17H24Cl12Si4. The van der Waals surface area contributed by atoms with Crippen LogP contribution in [-0.2, 0) is 5.41 Å². The molecule has 0 aromatic heterocycles. The molecule has 33 heavy (non-hydrogen) atoms. The zero-order valence-electron chi connectivity index (χ0n) is 18.2. The summed E-state index contributed by atoms with van der Waals surface area (Å²) in [5, 5.41) is -3.31. The molecule has 0 N–H and O–H groups in total. The monoisotopic (exact) mass is 760 g/mol. The maximum Gasteiger partial charge on any atom is 0.144 e. The highest BCUT2D eigenvalue weighted by atomic mass is 35.5. The van der Waals surface area contributed by atoms with E-state index >= 15 is 0 Å². The fourth-order valence-corrected chi connectivity index (χ4v) is 10.5.